The number of nitrogens with zero attached hydrogens (tertiary/aromatic N) is 1. The Hall–Kier alpha value is -2.55. The van der Waals surface area contributed by atoms with Crippen molar-refractivity contribution in [2.45, 2.75) is 44.1 Å². The summed E-state index contributed by atoms with van der Waals surface area (Å²) in [6, 6.07) is 6.86. The molecule has 5 rings (SSSR count). The zero-order valence-corrected chi connectivity index (χ0v) is 18.5. The van der Waals surface area contributed by atoms with Crippen LogP contribution in [0.1, 0.15) is 46.3 Å². The van der Waals surface area contributed by atoms with E-state index >= 15 is 0 Å². The number of fused-ring (bicyclic) bond motifs is 2. The summed E-state index contributed by atoms with van der Waals surface area (Å²) in [5.74, 6) is -3.71. The molecule has 174 valence electrons. The summed E-state index contributed by atoms with van der Waals surface area (Å²) >= 11 is 6.34. The van der Waals surface area contributed by atoms with Gasteiger partial charge in [0.25, 0.3) is 0 Å². The number of rotatable bonds is 5. The van der Waals surface area contributed by atoms with Crippen LogP contribution in [0.4, 0.5) is 8.78 Å². The molecule has 2 atom stereocenters. The van der Waals surface area contributed by atoms with E-state index in [9.17, 15) is 23.5 Å². The molecule has 1 saturated heterocycles. The number of carbonyl (C=O) groups is 2. The molecular formula is C24H23ClF2N2O4. The third-order valence-electron chi connectivity index (χ3n) is 6.88. The molecule has 2 fully saturated rings. The lowest BCUT2D eigenvalue weighted by Gasteiger charge is -2.43. The molecule has 2 aliphatic heterocycles. The van der Waals surface area contributed by atoms with Gasteiger partial charge in [-0.2, -0.15) is 0 Å². The van der Waals surface area contributed by atoms with Crippen LogP contribution in [0, 0.1) is 17.6 Å². The lowest BCUT2D eigenvalue weighted by Crippen LogP contribution is -2.55. The molecule has 3 aliphatic rings. The van der Waals surface area contributed by atoms with Crippen molar-refractivity contribution >= 4 is 23.5 Å². The molecule has 2 heterocycles. The van der Waals surface area contributed by atoms with Crippen LogP contribution in [0.3, 0.4) is 0 Å². The number of carboxylic acids is 1. The number of hydrogen-bond donors (Lipinski definition) is 2. The molecule has 1 saturated carbocycles. The number of halogens is 3. The van der Waals surface area contributed by atoms with Gasteiger partial charge in [-0.05, 0) is 66.8 Å². The molecule has 2 N–H and O–H groups in total. The summed E-state index contributed by atoms with van der Waals surface area (Å²) in [6.07, 6.45) is 2.19. The van der Waals surface area contributed by atoms with Crippen molar-refractivity contribution in [2.24, 2.45) is 5.92 Å². The summed E-state index contributed by atoms with van der Waals surface area (Å²) < 4.78 is 34.1. The number of aromatic carboxylic acids is 1. The first-order valence-corrected chi connectivity index (χ1v) is 11.3. The Labute approximate surface area is 194 Å². The predicted octanol–water partition coefficient (Wildman–Crippen LogP) is 3.84. The van der Waals surface area contributed by atoms with Crippen LogP contribution in [-0.4, -0.2) is 41.0 Å². The maximum atomic E-state index is 14.2. The van der Waals surface area contributed by atoms with E-state index in [1.54, 1.807) is 11.0 Å². The Bertz CT molecular complexity index is 1140. The lowest BCUT2D eigenvalue weighted by atomic mass is 9.75. The van der Waals surface area contributed by atoms with Crippen LogP contribution in [0.25, 0.3) is 0 Å². The zero-order valence-electron chi connectivity index (χ0n) is 17.7. The molecule has 9 heteroatoms. The van der Waals surface area contributed by atoms with Crippen LogP contribution in [0.2, 0.25) is 5.02 Å². The van der Waals surface area contributed by atoms with Crippen LogP contribution in [0.5, 0.6) is 0 Å². The summed E-state index contributed by atoms with van der Waals surface area (Å²) in [7, 11) is 0. The van der Waals surface area contributed by atoms with Gasteiger partial charge in [0.1, 0.15) is 5.60 Å². The quantitative estimate of drug-likeness (QED) is 0.685. The second-order valence-electron chi connectivity index (χ2n) is 8.92. The van der Waals surface area contributed by atoms with Crippen LogP contribution in [-0.2, 0) is 28.3 Å². The number of ether oxygens (including phenoxy) is 1. The van der Waals surface area contributed by atoms with Crippen molar-refractivity contribution in [1.29, 1.82) is 0 Å². The van der Waals surface area contributed by atoms with Crippen molar-refractivity contribution in [3.63, 3.8) is 0 Å². The lowest BCUT2D eigenvalue weighted by molar-refractivity contribution is -0.157. The van der Waals surface area contributed by atoms with Crippen molar-refractivity contribution < 1.29 is 28.2 Å². The number of carbonyl (C=O) groups excluding carboxylic acids is 1. The molecule has 33 heavy (non-hydrogen) atoms. The van der Waals surface area contributed by atoms with E-state index in [2.05, 4.69) is 5.32 Å². The number of benzene rings is 2. The molecule has 0 bridgehead atoms. The fraction of sp³-hybridized carbons (Fsp3) is 0.417. The van der Waals surface area contributed by atoms with Gasteiger partial charge in [-0.15, -0.1) is 0 Å². The Morgan fingerprint density at radius 2 is 1.97 bits per heavy atom. The molecule has 1 aliphatic carbocycles. The minimum Gasteiger partial charge on any atom is -0.478 e. The zero-order chi connectivity index (χ0) is 23.3. The smallest absolute Gasteiger partial charge is 0.335 e. The Kier molecular flexibility index (Phi) is 5.63. The van der Waals surface area contributed by atoms with E-state index < -0.39 is 29.1 Å². The molecule has 1 unspecified atom stereocenters. The first-order valence-electron chi connectivity index (χ1n) is 11.0. The van der Waals surface area contributed by atoms with E-state index in [4.69, 9.17) is 16.3 Å². The second kappa shape index (κ2) is 8.34. The van der Waals surface area contributed by atoms with Gasteiger partial charge in [-0.25, -0.2) is 13.6 Å². The average molecular weight is 477 g/mol. The van der Waals surface area contributed by atoms with E-state index in [1.807, 2.05) is 0 Å². The number of amides is 1. The summed E-state index contributed by atoms with van der Waals surface area (Å²) in [6.45, 7) is 1.31. The normalized spacial score (nSPS) is 24.0. The van der Waals surface area contributed by atoms with E-state index in [1.165, 1.54) is 18.2 Å². The van der Waals surface area contributed by atoms with Gasteiger partial charge in [0.2, 0.25) is 5.91 Å². The summed E-state index contributed by atoms with van der Waals surface area (Å²) in [5, 5.41) is 12.7. The van der Waals surface area contributed by atoms with Gasteiger partial charge in [-0.3, -0.25) is 4.79 Å². The molecule has 0 radical (unpaired) electrons. The molecule has 1 spiro atoms. The van der Waals surface area contributed by atoms with Gasteiger partial charge >= 0.3 is 5.97 Å². The highest BCUT2D eigenvalue weighted by Gasteiger charge is 2.53. The predicted molar refractivity (Wildman–Crippen MR) is 116 cm³/mol. The van der Waals surface area contributed by atoms with E-state index in [0.29, 0.717) is 36.2 Å². The van der Waals surface area contributed by atoms with Gasteiger partial charge in [0.05, 0.1) is 18.1 Å². The third-order valence-corrected chi connectivity index (χ3v) is 7.23. The first kappa shape index (κ1) is 22.3. The average Bonchev–Trinajstić information content (AvgIpc) is 3.58. The Morgan fingerprint density at radius 3 is 2.67 bits per heavy atom. The topological polar surface area (TPSA) is 78.9 Å². The summed E-state index contributed by atoms with van der Waals surface area (Å²) in [5.41, 5.74) is 0.824. The van der Waals surface area contributed by atoms with Crippen molar-refractivity contribution in [1.82, 2.24) is 10.2 Å². The third kappa shape index (κ3) is 3.90. The molecule has 1 amide bonds. The number of hydrogen-bond acceptors (Lipinski definition) is 4. The fourth-order valence-corrected chi connectivity index (χ4v) is 5.23. The van der Waals surface area contributed by atoms with E-state index in [0.717, 1.165) is 18.9 Å². The highest BCUT2D eigenvalue weighted by Crippen LogP contribution is 2.48. The molecule has 6 nitrogen and oxygen atoms in total. The molecular weight excluding hydrogens is 454 g/mol. The standard InChI is InChI=1S/C24H23ClF2N2O4/c25-19-7-13(23(31)32)1-2-14(19)11-29(16-3-4-16)22(30)18-10-28-6-5-24(18)17-9-21(27)20(26)8-15(17)12-33-24/h1-2,7-9,16,18,28H,3-6,10-12H2,(H,31,32)/t18?,24-/m0/s1. The first-order chi connectivity index (χ1) is 15.8. The van der Waals surface area contributed by atoms with Crippen molar-refractivity contribution in [3.8, 4) is 0 Å². The van der Waals surface area contributed by atoms with Crippen LogP contribution < -0.4 is 5.32 Å². The Balaban J connectivity index is 1.47. The fourth-order valence-electron chi connectivity index (χ4n) is 4.99. The van der Waals surface area contributed by atoms with Gasteiger partial charge < -0.3 is 20.1 Å². The highest BCUT2D eigenvalue weighted by molar-refractivity contribution is 6.31. The van der Waals surface area contributed by atoms with Gasteiger partial charge in [-0.1, -0.05) is 17.7 Å². The van der Waals surface area contributed by atoms with Crippen molar-refractivity contribution in [3.05, 3.63) is 69.2 Å². The summed E-state index contributed by atoms with van der Waals surface area (Å²) in [4.78, 5) is 26.9. The highest BCUT2D eigenvalue weighted by atomic mass is 35.5. The van der Waals surface area contributed by atoms with Crippen LogP contribution in [0.15, 0.2) is 30.3 Å². The van der Waals surface area contributed by atoms with E-state index in [-0.39, 0.29) is 35.7 Å². The maximum absolute atomic E-state index is 14.2. The minimum absolute atomic E-state index is 0.0533. The number of carboxylic acid groups (broad SMARTS) is 1. The van der Waals surface area contributed by atoms with Gasteiger partial charge in [0, 0.05) is 24.2 Å². The molecule has 2 aromatic rings. The SMILES string of the molecule is O=C(O)c1ccc(CN(C(=O)C2CNCC[C@@]23OCc2cc(F)c(F)cc23)C2CC2)c(Cl)c1. The van der Waals surface area contributed by atoms with Crippen molar-refractivity contribution in [2.75, 3.05) is 13.1 Å². The Morgan fingerprint density at radius 1 is 1.21 bits per heavy atom. The molecule has 2 aromatic carbocycles. The minimum atomic E-state index is -1.07. The number of piperidine rings is 1. The maximum Gasteiger partial charge on any atom is 0.335 e. The monoisotopic (exact) mass is 476 g/mol. The largest absolute Gasteiger partial charge is 0.478 e. The van der Waals surface area contributed by atoms with Gasteiger partial charge in [0.15, 0.2) is 11.6 Å². The second-order valence-corrected chi connectivity index (χ2v) is 9.32. The number of nitrogens with one attached hydrogen (secondary N) is 1. The van der Waals surface area contributed by atoms with Crippen LogP contribution >= 0.6 is 11.6 Å². The molecule has 0 aromatic heterocycles.